The summed E-state index contributed by atoms with van der Waals surface area (Å²) in [4.78, 5) is 17.5. The Morgan fingerprint density at radius 3 is 1.41 bits per heavy atom. The number of carbonyl (C=O) groups is 1. The summed E-state index contributed by atoms with van der Waals surface area (Å²) in [5.74, 6) is 0. The van der Waals surface area contributed by atoms with Crippen LogP contribution in [0, 0.1) is 0 Å². The molecule has 2 N–H and O–H groups in total. The SMILES string of the molecule is CCCCN1C(=O)N(CCCC)[C@H](Cc2ccccc2)[C@H](O)[C@@H](O)[C@H]1Cc1ccccc1. The molecule has 0 spiro atoms. The largest absolute Gasteiger partial charge is 0.388 e. The zero-order valence-corrected chi connectivity index (χ0v) is 19.4. The Hall–Kier alpha value is -2.37. The fourth-order valence-corrected chi connectivity index (χ4v) is 4.63. The van der Waals surface area contributed by atoms with Crippen LogP contribution >= 0.6 is 0 Å². The molecule has 5 nitrogen and oxygen atoms in total. The van der Waals surface area contributed by atoms with Gasteiger partial charge in [-0.1, -0.05) is 87.4 Å². The number of benzene rings is 2. The summed E-state index contributed by atoms with van der Waals surface area (Å²) in [6, 6.07) is 18.9. The van der Waals surface area contributed by atoms with Gasteiger partial charge in [0.25, 0.3) is 0 Å². The molecule has 1 fully saturated rings. The van der Waals surface area contributed by atoms with E-state index in [1.165, 1.54) is 0 Å². The van der Waals surface area contributed by atoms with E-state index in [0.29, 0.717) is 25.9 Å². The fourth-order valence-electron chi connectivity index (χ4n) is 4.63. The molecule has 0 bridgehead atoms. The molecule has 0 unspecified atom stereocenters. The van der Waals surface area contributed by atoms with Crippen molar-refractivity contribution in [2.24, 2.45) is 0 Å². The van der Waals surface area contributed by atoms with Gasteiger partial charge >= 0.3 is 6.03 Å². The maximum absolute atomic E-state index is 13.9. The minimum absolute atomic E-state index is 0.0654. The lowest BCUT2D eigenvalue weighted by atomic mass is 9.91. The van der Waals surface area contributed by atoms with Crippen LogP contribution in [0.2, 0.25) is 0 Å². The van der Waals surface area contributed by atoms with Crippen molar-refractivity contribution in [1.82, 2.24) is 9.80 Å². The van der Waals surface area contributed by atoms with Crippen LogP contribution in [-0.2, 0) is 12.8 Å². The number of carbonyl (C=O) groups excluding carboxylic acids is 1. The summed E-state index contributed by atoms with van der Waals surface area (Å²) in [6.07, 6.45) is 2.66. The van der Waals surface area contributed by atoms with Gasteiger partial charge in [0.05, 0.1) is 12.1 Å². The number of rotatable bonds is 10. The van der Waals surface area contributed by atoms with E-state index in [-0.39, 0.29) is 6.03 Å². The average Bonchev–Trinajstić information content (AvgIpc) is 2.88. The Kier molecular flexibility index (Phi) is 9.12. The third-order valence-corrected chi connectivity index (χ3v) is 6.51. The van der Waals surface area contributed by atoms with Gasteiger partial charge in [0.2, 0.25) is 0 Å². The number of aliphatic hydroxyl groups excluding tert-OH is 2. The van der Waals surface area contributed by atoms with Gasteiger partial charge in [-0.05, 0) is 36.8 Å². The van der Waals surface area contributed by atoms with Crippen molar-refractivity contribution in [3.05, 3.63) is 71.8 Å². The molecular weight excluding hydrogens is 400 g/mol. The van der Waals surface area contributed by atoms with Crippen molar-refractivity contribution in [3.8, 4) is 0 Å². The zero-order chi connectivity index (χ0) is 22.9. The van der Waals surface area contributed by atoms with Gasteiger partial charge in [0.15, 0.2) is 0 Å². The molecule has 2 aromatic carbocycles. The van der Waals surface area contributed by atoms with Gasteiger partial charge < -0.3 is 20.0 Å². The Morgan fingerprint density at radius 1 is 0.688 bits per heavy atom. The number of hydrogen-bond acceptors (Lipinski definition) is 3. The summed E-state index contributed by atoms with van der Waals surface area (Å²) in [5.41, 5.74) is 2.11. The highest BCUT2D eigenvalue weighted by Gasteiger charge is 2.45. The molecule has 4 atom stereocenters. The summed E-state index contributed by atoms with van der Waals surface area (Å²) in [5, 5.41) is 22.8. The quantitative estimate of drug-likeness (QED) is 0.582. The van der Waals surface area contributed by atoms with Crippen LogP contribution in [0.3, 0.4) is 0 Å². The van der Waals surface area contributed by atoms with Crippen molar-refractivity contribution in [3.63, 3.8) is 0 Å². The number of nitrogens with zero attached hydrogens (tertiary/aromatic N) is 2. The highest BCUT2D eigenvalue weighted by molar-refractivity contribution is 5.76. The zero-order valence-electron chi connectivity index (χ0n) is 19.4. The first-order valence-electron chi connectivity index (χ1n) is 12.1. The third-order valence-electron chi connectivity index (χ3n) is 6.51. The summed E-state index contributed by atoms with van der Waals surface area (Å²) in [6.45, 7) is 5.37. The first-order valence-corrected chi connectivity index (χ1v) is 12.1. The van der Waals surface area contributed by atoms with E-state index in [1.807, 2.05) is 70.5 Å². The van der Waals surface area contributed by atoms with Crippen molar-refractivity contribution in [1.29, 1.82) is 0 Å². The van der Waals surface area contributed by atoms with E-state index in [9.17, 15) is 15.0 Å². The van der Waals surface area contributed by atoms with Crippen LogP contribution in [0.4, 0.5) is 4.79 Å². The number of aliphatic hydroxyl groups is 2. The lowest BCUT2D eigenvalue weighted by Crippen LogP contribution is -2.51. The maximum Gasteiger partial charge on any atom is 0.320 e. The number of hydrogen-bond donors (Lipinski definition) is 2. The highest BCUT2D eigenvalue weighted by atomic mass is 16.3. The van der Waals surface area contributed by atoms with E-state index >= 15 is 0 Å². The lowest BCUT2D eigenvalue weighted by molar-refractivity contribution is -0.0396. The first kappa shape index (κ1) is 24.3. The molecule has 0 radical (unpaired) electrons. The molecule has 0 aliphatic carbocycles. The molecule has 1 aliphatic rings. The van der Waals surface area contributed by atoms with Crippen molar-refractivity contribution >= 4 is 6.03 Å². The van der Waals surface area contributed by atoms with Crippen LogP contribution in [0.15, 0.2) is 60.7 Å². The molecule has 0 aromatic heterocycles. The van der Waals surface area contributed by atoms with Crippen molar-refractivity contribution in [2.75, 3.05) is 13.1 Å². The lowest BCUT2D eigenvalue weighted by Gasteiger charge is -2.35. The molecule has 1 aliphatic heterocycles. The van der Waals surface area contributed by atoms with Gasteiger partial charge in [-0.2, -0.15) is 0 Å². The molecule has 1 heterocycles. The minimum Gasteiger partial charge on any atom is -0.388 e. The van der Waals surface area contributed by atoms with Crippen LogP contribution < -0.4 is 0 Å². The molecule has 3 rings (SSSR count). The Labute approximate surface area is 192 Å². The second-order valence-corrected chi connectivity index (χ2v) is 8.87. The molecule has 5 heteroatoms. The molecular formula is C27H38N2O3. The van der Waals surface area contributed by atoms with Crippen LogP contribution in [0.5, 0.6) is 0 Å². The molecule has 32 heavy (non-hydrogen) atoms. The Bertz CT molecular complexity index is 747. The van der Waals surface area contributed by atoms with Crippen LogP contribution in [0.25, 0.3) is 0 Å². The second-order valence-electron chi connectivity index (χ2n) is 8.87. The predicted octanol–water partition coefficient (Wildman–Crippen LogP) is 4.27. The monoisotopic (exact) mass is 438 g/mol. The third kappa shape index (κ3) is 5.90. The summed E-state index contributed by atoms with van der Waals surface area (Å²) < 4.78 is 0. The Morgan fingerprint density at radius 2 is 1.06 bits per heavy atom. The average molecular weight is 439 g/mol. The van der Waals surface area contributed by atoms with Gasteiger partial charge in [-0.25, -0.2) is 4.79 Å². The normalized spacial score (nSPS) is 23.9. The first-order chi connectivity index (χ1) is 15.6. The van der Waals surface area contributed by atoms with E-state index < -0.39 is 24.3 Å². The molecule has 0 saturated carbocycles. The van der Waals surface area contributed by atoms with Gasteiger partial charge in [0.1, 0.15) is 12.2 Å². The number of unbranched alkanes of at least 4 members (excludes halogenated alkanes) is 2. The second kappa shape index (κ2) is 12.0. The van der Waals surface area contributed by atoms with E-state index in [2.05, 4.69) is 13.8 Å². The fraction of sp³-hybridized carbons (Fsp3) is 0.519. The maximum atomic E-state index is 13.9. The van der Waals surface area contributed by atoms with Gasteiger partial charge in [-0.15, -0.1) is 0 Å². The van der Waals surface area contributed by atoms with Crippen molar-refractivity contribution in [2.45, 2.75) is 76.7 Å². The van der Waals surface area contributed by atoms with Crippen molar-refractivity contribution < 1.29 is 15.0 Å². The highest BCUT2D eigenvalue weighted by Crippen LogP contribution is 2.28. The topological polar surface area (TPSA) is 64.0 Å². The number of urea groups is 1. The molecule has 1 saturated heterocycles. The Balaban J connectivity index is 1.97. The van der Waals surface area contributed by atoms with E-state index in [0.717, 1.165) is 36.8 Å². The van der Waals surface area contributed by atoms with E-state index in [1.54, 1.807) is 0 Å². The summed E-state index contributed by atoms with van der Waals surface area (Å²) in [7, 11) is 0. The van der Waals surface area contributed by atoms with Gasteiger partial charge in [-0.3, -0.25) is 0 Å². The number of amides is 2. The molecule has 2 aromatic rings. The predicted molar refractivity (Wildman–Crippen MR) is 129 cm³/mol. The standard InChI is InChI=1S/C27H38N2O3/c1-3-5-17-28-23(19-21-13-9-7-10-14-21)25(30)26(31)24(20-22-15-11-8-12-16-22)29(27(28)32)18-6-4-2/h7-16,23-26,30-31H,3-6,17-20H2,1-2H3/t23-,24-,25+,26+/m1/s1. The van der Waals surface area contributed by atoms with Crippen LogP contribution in [0.1, 0.15) is 50.7 Å². The van der Waals surface area contributed by atoms with E-state index in [4.69, 9.17) is 0 Å². The van der Waals surface area contributed by atoms with Gasteiger partial charge in [0, 0.05) is 13.1 Å². The smallest absolute Gasteiger partial charge is 0.320 e. The summed E-state index contributed by atoms with van der Waals surface area (Å²) >= 11 is 0. The van der Waals surface area contributed by atoms with Crippen LogP contribution in [-0.4, -0.2) is 63.4 Å². The molecule has 174 valence electrons. The molecule has 2 amide bonds. The minimum atomic E-state index is -1.02.